The highest BCUT2D eigenvalue weighted by atomic mass is 32.1. The second-order valence-corrected chi connectivity index (χ2v) is 5.03. The average molecular weight is 235 g/mol. The Morgan fingerprint density at radius 2 is 2.56 bits per heavy atom. The van der Waals surface area contributed by atoms with Crippen molar-refractivity contribution in [2.75, 3.05) is 13.1 Å². The molecule has 1 aliphatic rings. The second kappa shape index (κ2) is 4.35. The third-order valence-corrected chi connectivity index (χ3v) is 3.68. The van der Waals surface area contributed by atoms with Gasteiger partial charge in [-0.15, -0.1) is 11.3 Å². The predicted octanol–water partition coefficient (Wildman–Crippen LogP) is 1.80. The summed E-state index contributed by atoms with van der Waals surface area (Å²) in [6.45, 7) is 2.01. The average Bonchev–Trinajstić information content (AvgIpc) is 2.99. The van der Waals surface area contributed by atoms with Crippen molar-refractivity contribution in [3.63, 3.8) is 0 Å². The monoisotopic (exact) mass is 235 g/mol. The van der Waals surface area contributed by atoms with Crippen molar-refractivity contribution >= 4 is 11.3 Å². The van der Waals surface area contributed by atoms with Crippen LogP contribution in [0.25, 0.3) is 0 Å². The molecule has 1 aliphatic heterocycles. The number of rotatable bonds is 3. The molecule has 1 atom stereocenters. The van der Waals surface area contributed by atoms with Gasteiger partial charge in [-0.1, -0.05) is 11.2 Å². The molecule has 0 aromatic carbocycles. The van der Waals surface area contributed by atoms with Crippen molar-refractivity contribution in [1.82, 2.24) is 15.5 Å². The van der Waals surface area contributed by atoms with Gasteiger partial charge in [0.15, 0.2) is 5.82 Å². The van der Waals surface area contributed by atoms with Crippen LogP contribution in [0.5, 0.6) is 0 Å². The summed E-state index contributed by atoms with van der Waals surface area (Å²) in [4.78, 5) is 5.73. The summed E-state index contributed by atoms with van der Waals surface area (Å²) in [5, 5.41) is 9.40. The zero-order valence-corrected chi connectivity index (χ0v) is 9.67. The summed E-state index contributed by atoms with van der Waals surface area (Å²) in [6.07, 6.45) is 1.88. The molecule has 3 heterocycles. The Bertz CT molecular complexity index is 446. The molecule has 0 bridgehead atoms. The lowest BCUT2D eigenvalue weighted by Crippen LogP contribution is -2.08. The minimum Gasteiger partial charge on any atom is -0.339 e. The maximum Gasteiger partial charge on any atom is 0.231 e. The Morgan fingerprint density at radius 3 is 3.31 bits per heavy atom. The van der Waals surface area contributed by atoms with Crippen LogP contribution in [0.15, 0.2) is 22.0 Å². The highest BCUT2D eigenvalue weighted by Gasteiger charge is 2.22. The van der Waals surface area contributed by atoms with E-state index in [9.17, 15) is 0 Å². The van der Waals surface area contributed by atoms with Crippen LogP contribution in [0, 0.1) is 0 Å². The second-order valence-electron chi connectivity index (χ2n) is 3.99. The normalized spacial score (nSPS) is 20.4. The van der Waals surface area contributed by atoms with Gasteiger partial charge < -0.3 is 9.84 Å². The highest BCUT2D eigenvalue weighted by Crippen LogP contribution is 2.21. The van der Waals surface area contributed by atoms with Crippen LogP contribution < -0.4 is 5.32 Å². The topological polar surface area (TPSA) is 51.0 Å². The minimum atomic E-state index is 0.407. The first-order chi connectivity index (χ1) is 7.92. The molecule has 3 rings (SSSR count). The number of hydrogen-bond donors (Lipinski definition) is 1. The van der Waals surface area contributed by atoms with E-state index in [0.29, 0.717) is 5.92 Å². The first-order valence-corrected chi connectivity index (χ1v) is 6.35. The van der Waals surface area contributed by atoms with Crippen molar-refractivity contribution in [1.29, 1.82) is 0 Å². The fraction of sp³-hybridized carbons (Fsp3) is 0.455. The maximum absolute atomic E-state index is 5.30. The summed E-state index contributed by atoms with van der Waals surface area (Å²) in [6, 6.07) is 4.14. The van der Waals surface area contributed by atoms with Crippen molar-refractivity contribution in [2.45, 2.75) is 18.8 Å². The molecule has 1 saturated heterocycles. The number of aromatic nitrogens is 2. The van der Waals surface area contributed by atoms with Crippen LogP contribution in [0.1, 0.15) is 28.9 Å². The lowest BCUT2D eigenvalue weighted by Gasteiger charge is -1.98. The molecule has 5 heteroatoms. The molecule has 16 heavy (non-hydrogen) atoms. The fourth-order valence-corrected chi connectivity index (χ4v) is 2.64. The molecule has 1 fully saturated rings. The van der Waals surface area contributed by atoms with E-state index in [2.05, 4.69) is 26.9 Å². The molecule has 1 N–H and O–H groups in total. The van der Waals surface area contributed by atoms with Crippen molar-refractivity contribution in [3.05, 3.63) is 34.1 Å². The summed E-state index contributed by atoms with van der Waals surface area (Å²) in [5.41, 5.74) is 0. The van der Waals surface area contributed by atoms with Gasteiger partial charge in [0, 0.05) is 17.8 Å². The van der Waals surface area contributed by atoms with E-state index in [-0.39, 0.29) is 0 Å². The van der Waals surface area contributed by atoms with Gasteiger partial charge in [-0.2, -0.15) is 4.98 Å². The Labute approximate surface area is 97.7 Å². The van der Waals surface area contributed by atoms with E-state index in [1.165, 1.54) is 4.88 Å². The van der Waals surface area contributed by atoms with Crippen LogP contribution in [-0.4, -0.2) is 23.2 Å². The zero-order valence-electron chi connectivity index (χ0n) is 8.85. The van der Waals surface area contributed by atoms with Gasteiger partial charge in [-0.25, -0.2) is 0 Å². The molecular weight excluding hydrogens is 222 g/mol. The number of nitrogens with zero attached hydrogens (tertiary/aromatic N) is 2. The predicted molar refractivity (Wildman–Crippen MR) is 61.7 cm³/mol. The summed E-state index contributed by atoms with van der Waals surface area (Å²) >= 11 is 1.73. The molecular formula is C11H13N3OS. The van der Waals surface area contributed by atoms with Crippen LogP contribution in [0.3, 0.4) is 0 Å². The van der Waals surface area contributed by atoms with Crippen molar-refractivity contribution in [3.8, 4) is 0 Å². The molecule has 0 amide bonds. The maximum atomic E-state index is 5.30. The Morgan fingerprint density at radius 1 is 1.56 bits per heavy atom. The Kier molecular flexibility index (Phi) is 2.71. The van der Waals surface area contributed by atoms with Gasteiger partial charge in [-0.3, -0.25) is 0 Å². The van der Waals surface area contributed by atoms with Crippen LogP contribution in [0.4, 0.5) is 0 Å². The smallest absolute Gasteiger partial charge is 0.231 e. The lowest BCUT2D eigenvalue weighted by atomic mass is 10.1. The van der Waals surface area contributed by atoms with E-state index in [1.54, 1.807) is 11.3 Å². The van der Waals surface area contributed by atoms with Crippen LogP contribution in [-0.2, 0) is 6.42 Å². The molecule has 0 aliphatic carbocycles. The van der Waals surface area contributed by atoms with Crippen LogP contribution >= 0.6 is 11.3 Å². The molecule has 84 valence electrons. The standard InChI is InChI=1S/C11H13N3OS/c1-2-9(16-5-1)6-10-13-11(15-14-10)8-3-4-12-7-8/h1-2,5,8,12H,3-4,6-7H2/t8-/m0/s1. The molecule has 4 nitrogen and oxygen atoms in total. The third-order valence-electron chi connectivity index (χ3n) is 2.81. The quantitative estimate of drug-likeness (QED) is 0.881. The van der Waals surface area contributed by atoms with Crippen molar-refractivity contribution in [2.24, 2.45) is 0 Å². The summed E-state index contributed by atoms with van der Waals surface area (Å²) in [7, 11) is 0. The number of hydrogen-bond acceptors (Lipinski definition) is 5. The first-order valence-electron chi connectivity index (χ1n) is 5.47. The van der Waals surface area contributed by atoms with E-state index in [1.807, 2.05) is 6.07 Å². The van der Waals surface area contributed by atoms with Gasteiger partial charge >= 0.3 is 0 Å². The molecule has 2 aromatic heterocycles. The van der Waals surface area contributed by atoms with Gasteiger partial charge in [-0.05, 0) is 24.4 Å². The minimum absolute atomic E-state index is 0.407. The highest BCUT2D eigenvalue weighted by molar-refractivity contribution is 7.09. The van der Waals surface area contributed by atoms with E-state index < -0.39 is 0 Å². The Hall–Kier alpha value is -1.20. The lowest BCUT2D eigenvalue weighted by molar-refractivity contribution is 0.355. The molecule has 0 saturated carbocycles. The first kappa shape index (κ1) is 9.99. The third kappa shape index (κ3) is 2.01. The number of thiophene rings is 1. The SMILES string of the molecule is c1csc(Cc2noc([C@H]3CCNC3)n2)c1. The van der Waals surface area contributed by atoms with Gasteiger partial charge in [0.1, 0.15) is 0 Å². The molecule has 2 aromatic rings. The largest absolute Gasteiger partial charge is 0.339 e. The molecule has 0 spiro atoms. The Balaban J connectivity index is 1.72. The fourth-order valence-electron chi connectivity index (χ4n) is 1.94. The van der Waals surface area contributed by atoms with Gasteiger partial charge in [0.25, 0.3) is 0 Å². The van der Waals surface area contributed by atoms with Crippen LogP contribution in [0.2, 0.25) is 0 Å². The summed E-state index contributed by atoms with van der Waals surface area (Å²) < 4.78 is 5.30. The van der Waals surface area contributed by atoms with E-state index >= 15 is 0 Å². The summed E-state index contributed by atoms with van der Waals surface area (Å²) in [5.74, 6) is 1.99. The van der Waals surface area contributed by atoms with E-state index in [0.717, 1.165) is 37.6 Å². The zero-order chi connectivity index (χ0) is 10.8. The molecule has 0 unspecified atom stereocenters. The van der Waals surface area contributed by atoms with E-state index in [4.69, 9.17) is 4.52 Å². The number of nitrogens with one attached hydrogen (secondary N) is 1. The van der Waals surface area contributed by atoms with Gasteiger partial charge in [0.05, 0.1) is 5.92 Å². The van der Waals surface area contributed by atoms with Gasteiger partial charge in [0.2, 0.25) is 5.89 Å². The van der Waals surface area contributed by atoms with Crippen molar-refractivity contribution < 1.29 is 4.52 Å². The molecule has 0 radical (unpaired) electrons.